The van der Waals surface area contributed by atoms with Crippen molar-refractivity contribution in [3.05, 3.63) is 40.7 Å². The molecule has 0 aliphatic heterocycles. The number of halogens is 1. The largest absolute Gasteiger partial charge is 0.480 e. The van der Waals surface area contributed by atoms with Crippen molar-refractivity contribution in [3.63, 3.8) is 0 Å². The Bertz CT molecular complexity index is 725. The molecule has 23 heavy (non-hydrogen) atoms. The van der Waals surface area contributed by atoms with Gasteiger partial charge in [-0.05, 0) is 45.0 Å². The van der Waals surface area contributed by atoms with Crippen LogP contribution in [0.2, 0.25) is 0 Å². The third-order valence-electron chi connectivity index (χ3n) is 3.27. The van der Waals surface area contributed by atoms with E-state index in [2.05, 4.69) is 4.98 Å². The van der Waals surface area contributed by atoms with Gasteiger partial charge in [0.1, 0.15) is 22.2 Å². The quantitative estimate of drug-likeness (QED) is 0.910. The summed E-state index contributed by atoms with van der Waals surface area (Å²) in [5, 5.41) is 9.57. The number of aromatic nitrogens is 1. The van der Waals surface area contributed by atoms with Crippen molar-refractivity contribution >= 4 is 23.2 Å². The van der Waals surface area contributed by atoms with Crippen LogP contribution < -0.4 is 0 Å². The summed E-state index contributed by atoms with van der Waals surface area (Å²) in [6.45, 7) is 4.87. The molecule has 0 atom stereocenters. The number of thiazole rings is 1. The van der Waals surface area contributed by atoms with Gasteiger partial charge in [0.2, 0.25) is 0 Å². The molecule has 1 amide bonds. The summed E-state index contributed by atoms with van der Waals surface area (Å²) in [7, 11) is 0. The molecule has 1 aromatic carbocycles. The number of aliphatic carboxylic acids is 1. The Morgan fingerprint density at radius 3 is 2.43 bits per heavy atom. The molecule has 0 spiro atoms. The second-order valence-electron chi connectivity index (χ2n) is 5.36. The minimum atomic E-state index is -1.06. The van der Waals surface area contributed by atoms with Crippen LogP contribution in [-0.2, 0) is 4.79 Å². The molecule has 7 heteroatoms. The number of amides is 1. The van der Waals surface area contributed by atoms with Crippen LogP contribution >= 0.6 is 11.3 Å². The number of carbonyl (C=O) groups is 2. The van der Waals surface area contributed by atoms with E-state index < -0.39 is 5.97 Å². The van der Waals surface area contributed by atoms with Crippen LogP contribution in [-0.4, -0.2) is 39.5 Å². The summed E-state index contributed by atoms with van der Waals surface area (Å²) in [5.74, 6) is -1.76. The number of carboxylic acids is 1. The van der Waals surface area contributed by atoms with E-state index in [4.69, 9.17) is 5.11 Å². The fourth-order valence-electron chi connectivity index (χ4n) is 2.08. The molecule has 5 nitrogen and oxygen atoms in total. The van der Waals surface area contributed by atoms with Crippen molar-refractivity contribution in [1.82, 2.24) is 9.88 Å². The fraction of sp³-hybridized carbons (Fsp3) is 0.312. The molecule has 1 aromatic heterocycles. The Balaban J connectivity index is 2.34. The lowest BCUT2D eigenvalue weighted by atomic mass is 10.2. The summed E-state index contributed by atoms with van der Waals surface area (Å²) in [6, 6.07) is 5.62. The average molecular weight is 336 g/mol. The molecule has 0 aliphatic carbocycles. The molecule has 0 radical (unpaired) electrons. The van der Waals surface area contributed by atoms with Gasteiger partial charge >= 0.3 is 5.97 Å². The highest BCUT2D eigenvalue weighted by Gasteiger charge is 2.25. The van der Waals surface area contributed by atoms with Crippen molar-refractivity contribution < 1.29 is 19.1 Å². The average Bonchev–Trinajstić information content (AvgIpc) is 2.86. The Hall–Kier alpha value is -2.28. The standard InChI is InChI=1S/C16H17FN2O3S/c1-9(2)19(8-13(20)21)16(22)14-10(3)18-15(23-14)11-4-6-12(17)7-5-11/h4-7,9H,8H2,1-3H3,(H,20,21). The van der Waals surface area contributed by atoms with Gasteiger partial charge in [-0.2, -0.15) is 0 Å². The van der Waals surface area contributed by atoms with Crippen molar-refractivity contribution in [3.8, 4) is 10.6 Å². The monoisotopic (exact) mass is 336 g/mol. The highest BCUT2D eigenvalue weighted by molar-refractivity contribution is 7.17. The highest BCUT2D eigenvalue weighted by atomic mass is 32.1. The smallest absolute Gasteiger partial charge is 0.323 e. The molecule has 2 rings (SSSR count). The maximum atomic E-state index is 13.0. The predicted octanol–water partition coefficient (Wildman–Crippen LogP) is 3.19. The molecule has 0 unspecified atom stereocenters. The van der Waals surface area contributed by atoms with E-state index >= 15 is 0 Å². The van der Waals surface area contributed by atoms with E-state index in [0.717, 1.165) is 0 Å². The van der Waals surface area contributed by atoms with Crippen molar-refractivity contribution in [2.24, 2.45) is 0 Å². The zero-order valence-corrected chi connectivity index (χ0v) is 13.9. The normalized spacial score (nSPS) is 10.8. The van der Waals surface area contributed by atoms with Gasteiger partial charge < -0.3 is 10.0 Å². The zero-order chi connectivity index (χ0) is 17.1. The van der Waals surface area contributed by atoms with Crippen LogP contribution in [0.1, 0.15) is 29.2 Å². The van der Waals surface area contributed by atoms with E-state index in [1.54, 1.807) is 32.9 Å². The van der Waals surface area contributed by atoms with Crippen molar-refractivity contribution in [1.29, 1.82) is 0 Å². The third-order valence-corrected chi connectivity index (χ3v) is 4.47. The topological polar surface area (TPSA) is 70.5 Å². The number of carboxylic acid groups (broad SMARTS) is 1. The molecule has 0 fully saturated rings. The first-order chi connectivity index (χ1) is 10.8. The number of carbonyl (C=O) groups excluding carboxylic acids is 1. The number of nitrogens with zero attached hydrogens (tertiary/aromatic N) is 2. The summed E-state index contributed by atoms with van der Waals surface area (Å²) >= 11 is 1.18. The molecular formula is C16H17FN2O3S. The number of rotatable bonds is 5. The molecule has 2 aromatic rings. The van der Waals surface area contributed by atoms with Gasteiger partial charge in [0.25, 0.3) is 5.91 Å². The minimum Gasteiger partial charge on any atom is -0.480 e. The van der Waals surface area contributed by atoms with Gasteiger partial charge in [-0.15, -0.1) is 11.3 Å². The number of hydrogen-bond donors (Lipinski definition) is 1. The van der Waals surface area contributed by atoms with E-state index in [9.17, 15) is 14.0 Å². The molecule has 0 aliphatic rings. The maximum Gasteiger partial charge on any atom is 0.323 e. The molecule has 1 N–H and O–H groups in total. The SMILES string of the molecule is Cc1nc(-c2ccc(F)cc2)sc1C(=O)N(CC(=O)O)C(C)C. The van der Waals surface area contributed by atoms with Gasteiger partial charge in [-0.3, -0.25) is 9.59 Å². The molecule has 0 saturated heterocycles. The molecule has 122 valence electrons. The Morgan fingerprint density at radius 2 is 1.91 bits per heavy atom. The van der Waals surface area contributed by atoms with Crippen molar-refractivity contribution in [2.45, 2.75) is 26.8 Å². The highest BCUT2D eigenvalue weighted by Crippen LogP contribution is 2.29. The van der Waals surface area contributed by atoms with E-state index in [1.807, 2.05) is 0 Å². The zero-order valence-electron chi connectivity index (χ0n) is 13.0. The van der Waals surface area contributed by atoms with Gasteiger partial charge in [-0.25, -0.2) is 9.37 Å². The Labute approximate surface area is 137 Å². The van der Waals surface area contributed by atoms with Crippen LogP contribution in [0.25, 0.3) is 10.6 Å². The first-order valence-corrected chi connectivity index (χ1v) is 7.87. The summed E-state index contributed by atoms with van der Waals surface area (Å²) in [6.07, 6.45) is 0. The van der Waals surface area contributed by atoms with Crippen molar-refractivity contribution in [2.75, 3.05) is 6.54 Å². The fourth-order valence-corrected chi connectivity index (χ4v) is 3.10. The molecule has 0 saturated carbocycles. The second-order valence-corrected chi connectivity index (χ2v) is 6.36. The Morgan fingerprint density at radius 1 is 1.30 bits per heavy atom. The first kappa shape index (κ1) is 17.1. The lowest BCUT2D eigenvalue weighted by Gasteiger charge is -2.24. The first-order valence-electron chi connectivity index (χ1n) is 7.05. The van der Waals surface area contributed by atoms with Crippen LogP contribution in [0.5, 0.6) is 0 Å². The second kappa shape index (κ2) is 6.87. The molecule has 1 heterocycles. The van der Waals surface area contributed by atoms with Crippen LogP contribution in [0.4, 0.5) is 4.39 Å². The molecular weight excluding hydrogens is 319 g/mol. The minimum absolute atomic E-state index is 0.241. The van der Waals surface area contributed by atoms with Crippen LogP contribution in [0, 0.1) is 12.7 Å². The number of benzene rings is 1. The van der Waals surface area contributed by atoms with Gasteiger partial charge in [0.15, 0.2) is 0 Å². The number of hydrogen-bond acceptors (Lipinski definition) is 4. The maximum absolute atomic E-state index is 13.0. The van der Waals surface area contributed by atoms with Gasteiger partial charge in [0, 0.05) is 11.6 Å². The lowest BCUT2D eigenvalue weighted by Crippen LogP contribution is -2.40. The van der Waals surface area contributed by atoms with Gasteiger partial charge in [-0.1, -0.05) is 0 Å². The van der Waals surface area contributed by atoms with E-state index in [-0.39, 0.29) is 24.3 Å². The summed E-state index contributed by atoms with van der Waals surface area (Å²) in [5.41, 5.74) is 1.25. The Kier molecular flexibility index (Phi) is 5.10. The lowest BCUT2D eigenvalue weighted by molar-refractivity contribution is -0.138. The van der Waals surface area contributed by atoms with Crippen LogP contribution in [0.15, 0.2) is 24.3 Å². The van der Waals surface area contributed by atoms with E-state index in [0.29, 0.717) is 21.1 Å². The van der Waals surface area contributed by atoms with Crippen LogP contribution in [0.3, 0.4) is 0 Å². The summed E-state index contributed by atoms with van der Waals surface area (Å²) < 4.78 is 13.0. The molecule has 0 bridgehead atoms. The van der Waals surface area contributed by atoms with Gasteiger partial charge in [0.05, 0.1) is 5.69 Å². The summed E-state index contributed by atoms with van der Waals surface area (Å²) in [4.78, 5) is 29.6. The third kappa shape index (κ3) is 3.92. The van der Waals surface area contributed by atoms with E-state index in [1.165, 1.54) is 28.4 Å². The predicted molar refractivity (Wildman–Crippen MR) is 86.1 cm³/mol. The number of aryl methyl sites for hydroxylation is 1.